The SMILES string of the molecule is Cc1ccc(N(CC(=O)N(Cc2ccc(Br)cc2)C(C)C(=O)NCC(C)C)S(=O)(=O)c2ccccc2)cc1Cl. The van der Waals surface area contributed by atoms with Crippen molar-refractivity contribution < 1.29 is 18.0 Å². The predicted molar refractivity (Wildman–Crippen MR) is 159 cm³/mol. The van der Waals surface area contributed by atoms with Crippen LogP contribution < -0.4 is 9.62 Å². The topological polar surface area (TPSA) is 86.8 Å². The number of carbonyl (C=O) groups is 2. The minimum Gasteiger partial charge on any atom is -0.354 e. The normalized spacial score (nSPS) is 12.2. The number of nitrogens with zero attached hydrogens (tertiary/aromatic N) is 2. The quantitative estimate of drug-likeness (QED) is 0.289. The van der Waals surface area contributed by atoms with E-state index in [2.05, 4.69) is 21.2 Å². The molecule has 3 rings (SSSR count). The average molecular weight is 635 g/mol. The van der Waals surface area contributed by atoms with Crippen molar-refractivity contribution in [2.24, 2.45) is 5.92 Å². The van der Waals surface area contributed by atoms with Crippen LogP contribution in [0.1, 0.15) is 31.9 Å². The highest BCUT2D eigenvalue weighted by Gasteiger charge is 2.32. The molecule has 0 aliphatic carbocycles. The molecule has 0 aliphatic rings. The summed E-state index contributed by atoms with van der Waals surface area (Å²) in [5, 5.41) is 3.25. The van der Waals surface area contributed by atoms with E-state index in [0.29, 0.717) is 11.6 Å². The third-order valence-electron chi connectivity index (χ3n) is 6.17. The van der Waals surface area contributed by atoms with Gasteiger partial charge in [0.2, 0.25) is 11.8 Å². The zero-order valence-electron chi connectivity index (χ0n) is 22.4. The van der Waals surface area contributed by atoms with E-state index in [-0.39, 0.29) is 29.0 Å². The van der Waals surface area contributed by atoms with Crippen LogP contribution in [0.2, 0.25) is 5.02 Å². The number of benzene rings is 3. The maximum absolute atomic E-state index is 13.9. The zero-order valence-corrected chi connectivity index (χ0v) is 25.6. The Morgan fingerprint density at radius 2 is 1.62 bits per heavy atom. The molecule has 1 unspecified atom stereocenters. The maximum Gasteiger partial charge on any atom is 0.264 e. The van der Waals surface area contributed by atoms with Crippen molar-refractivity contribution in [1.29, 1.82) is 0 Å². The highest BCUT2D eigenvalue weighted by molar-refractivity contribution is 9.10. The predicted octanol–water partition coefficient (Wildman–Crippen LogP) is 5.80. The van der Waals surface area contributed by atoms with E-state index in [4.69, 9.17) is 11.6 Å². The molecule has 3 aromatic carbocycles. The van der Waals surface area contributed by atoms with Crippen LogP contribution in [0.25, 0.3) is 0 Å². The van der Waals surface area contributed by atoms with E-state index in [1.165, 1.54) is 23.1 Å². The molecule has 10 heteroatoms. The molecule has 0 saturated carbocycles. The Kier molecular flexibility index (Phi) is 10.6. The highest BCUT2D eigenvalue weighted by Crippen LogP contribution is 2.28. The summed E-state index contributed by atoms with van der Waals surface area (Å²) in [5.41, 5.74) is 1.82. The molecule has 1 atom stereocenters. The molecule has 3 aromatic rings. The van der Waals surface area contributed by atoms with Crippen molar-refractivity contribution in [3.05, 3.63) is 93.4 Å². The molecule has 0 fully saturated rings. The summed E-state index contributed by atoms with van der Waals surface area (Å²) in [6, 6.07) is 19.3. The molecule has 2 amide bonds. The summed E-state index contributed by atoms with van der Waals surface area (Å²) in [5.74, 6) is -0.610. The van der Waals surface area contributed by atoms with Gasteiger partial charge in [-0.15, -0.1) is 0 Å². The van der Waals surface area contributed by atoms with Crippen molar-refractivity contribution in [3.63, 3.8) is 0 Å². The number of sulfonamides is 1. The molecule has 0 aromatic heterocycles. The van der Waals surface area contributed by atoms with Crippen molar-refractivity contribution in [1.82, 2.24) is 10.2 Å². The second kappa shape index (κ2) is 13.5. The number of rotatable bonds is 11. The van der Waals surface area contributed by atoms with Crippen LogP contribution in [0.4, 0.5) is 5.69 Å². The lowest BCUT2D eigenvalue weighted by Crippen LogP contribution is -2.51. The van der Waals surface area contributed by atoms with Crippen molar-refractivity contribution in [3.8, 4) is 0 Å². The molecule has 0 bridgehead atoms. The number of anilines is 1. The Morgan fingerprint density at radius 1 is 0.974 bits per heavy atom. The summed E-state index contributed by atoms with van der Waals surface area (Å²) in [7, 11) is -4.14. The van der Waals surface area contributed by atoms with E-state index in [1.807, 2.05) is 45.0 Å². The van der Waals surface area contributed by atoms with E-state index < -0.39 is 28.5 Å². The van der Waals surface area contributed by atoms with Crippen molar-refractivity contribution >= 4 is 55.1 Å². The fourth-order valence-electron chi connectivity index (χ4n) is 3.81. The Hall–Kier alpha value is -2.88. The van der Waals surface area contributed by atoms with E-state index in [1.54, 1.807) is 37.3 Å². The van der Waals surface area contributed by atoms with Gasteiger partial charge in [-0.1, -0.05) is 77.8 Å². The van der Waals surface area contributed by atoms with Gasteiger partial charge in [-0.25, -0.2) is 8.42 Å². The number of nitrogens with one attached hydrogen (secondary N) is 1. The molecule has 1 N–H and O–H groups in total. The number of aryl methyl sites for hydroxylation is 1. The molecule has 39 heavy (non-hydrogen) atoms. The summed E-state index contributed by atoms with van der Waals surface area (Å²) >= 11 is 9.76. The van der Waals surface area contributed by atoms with Gasteiger partial charge in [-0.3, -0.25) is 13.9 Å². The molecule has 7 nitrogen and oxygen atoms in total. The van der Waals surface area contributed by atoms with Crippen molar-refractivity contribution in [2.75, 3.05) is 17.4 Å². The molecule has 208 valence electrons. The van der Waals surface area contributed by atoms with E-state index >= 15 is 0 Å². The Bertz CT molecular complexity index is 1400. The van der Waals surface area contributed by atoms with Crippen molar-refractivity contribution in [2.45, 2.75) is 45.2 Å². The first-order valence-corrected chi connectivity index (χ1v) is 15.2. The summed E-state index contributed by atoms with van der Waals surface area (Å²) in [6.45, 7) is 7.48. The lowest BCUT2D eigenvalue weighted by Gasteiger charge is -2.32. The molecule has 0 radical (unpaired) electrons. The van der Waals surface area contributed by atoms with Crippen LogP contribution in [0.15, 0.2) is 82.2 Å². The van der Waals surface area contributed by atoms with Gasteiger partial charge in [0.1, 0.15) is 12.6 Å². The second-order valence-corrected chi connectivity index (χ2v) is 12.9. The fourth-order valence-corrected chi connectivity index (χ4v) is 5.67. The van der Waals surface area contributed by atoms with E-state index in [0.717, 1.165) is 19.9 Å². The Morgan fingerprint density at radius 3 is 2.21 bits per heavy atom. The monoisotopic (exact) mass is 633 g/mol. The first-order valence-electron chi connectivity index (χ1n) is 12.6. The number of hydrogen-bond acceptors (Lipinski definition) is 4. The molecule has 0 spiro atoms. The molecule has 0 heterocycles. The fraction of sp³-hybridized carbons (Fsp3) is 0.310. The second-order valence-electron chi connectivity index (χ2n) is 9.72. The Balaban J connectivity index is 2.02. The first-order chi connectivity index (χ1) is 18.4. The van der Waals surface area contributed by atoms with Gasteiger partial charge in [0.05, 0.1) is 10.6 Å². The lowest BCUT2D eigenvalue weighted by atomic mass is 10.1. The molecular formula is C29H33BrClN3O4S. The zero-order chi connectivity index (χ0) is 28.7. The number of carbonyl (C=O) groups excluding carboxylic acids is 2. The van der Waals surface area contributed by atoms with Gasteiger partial charge in [-0.05, 0) is 67.3 Å². The van der Waals surface area contributed by atoms with Gasteiger partial charge in [0.25, 0.3) is 10.0 Å². The lowest BCUT2D eigenvalue weighted by molar-refractivity contribution is -0.139. The minimum atomic E-state index is -4.14. The van der Waals surface area contributed by atoms with Gasteiger partial charge < -0.3 is 10.2 Å². The maximum atomic E-state index is 13.9. The van der Waals surface area contributed by atoms with Crippen LogP contribution >= 0.6 is 27.5 Å². The van der Waals surface area contributed by atoms with E-state index in [9.17, 15) is 18.0 Å². The largest absolute Gasteiger partial charge is 0.354 e. The molecule has 0 saturated heterocycles. The van der Waals surface area contributed by atoms with Gasteiger partial charge in [0.15, 0.2) is 0 Å². The van der Waals surface area contributed by atoms with Gasteiger partial charge >= 0.3 is 0 Å². The van der Waals surface area contributed by atoms with Gasteiger partial charge in [0, 0.05) is 22.6 Å². The third-order valence-corrected chi connectivity index (χ3v) is 8.90. The van der Waals surface area contributed by atoms with Crippen LogP contribution in [0.5, 0.6) is 0 Å². The summed E-state index contributed by atoms with van der Waals surface area (Å²) in [6.07, 6.45) is 0. The summed E-state index contributed by atoms with van der Waals surface area (Å²) < 4.78 is 29.5. The average Bonchev–Trinajstić information content (AvgIpc) is 2.91. The number of halogens is 2. The summed E-state index contributed by atoms with van der Waals surface area (Å²) in [4.78, 5) is 28.4. The highest BCUT2D eigenvalue weighted by atomic mass is 79.9. The standard InChI is InChI=1S/C29H33BrClN3O4S/c1-20(2)17-32-29(36)22(4)33(18-23-11-13-24(30)14-12-23)28(35)19-34(25-15-10-21(3)27(31)16-25)39(37,38)26-8-6-5-7-9-26/h5-16,20,22H,17-19H2,1-4H3,(H,32,36). The van der Waals surface area contributed by atoms with Gasteiger partial charge in [-0.2, -0.15) is 0 Å². The van der Waals surface area contributed by atoms with Crippen LogP contribution in [0.3, 0.4) is 0 Å². The smallest absolute Gasteiger partial charge is 0.264 e. The third kappa shape index (κ3) is 8.06. The van der Waals surface area contributed by atoms with Crippen LogP contribution in [-0.4, -0.2) is 44.3 Å². The molecular weight excluding hydrogens is 602 g/mol. The number of hydrogen-bond donors (Lipinski definition) is 1. The minimum absolute atomic E-state index is 0.0386. The number of amides is 2. The molecule has 0 aliphatic heterocycles. The van der Waals surface area contributed by atoms with Crippen LogP contribution in [0, 0.1) is 12.8 Å². The first kappa shape index (κ1) is 30.7. The Labute approximate surface area is 244 Å². The van der Waals surface area contributed by atoms with Crippen LogP contribution in [-0.2, 0) is 26.2 Å².